The SMILES string of the molecule is C1=CC=NC=c2ccccc2=NC=CC=COC=C1. The average molecular weight is 250 g/mol. The van der Waals surface area contributed by atoms with E-state index in [1.54, 1.807) is 43.3 Å². The highest BCUT2D eigenvalue weighted by atomic mass is 16.5. The maximum Gasteiger partial charge on any atom is 0.0901 e. The van der Waals surface area contributed by atoms with E-state index in [0.29, 0.717) is 0 Å². The summed E-state index contributed by atoms with van der Waals surface area (Å²) < 4.78 is 5.12. The van der Waals surface area contributed by atoms with Gasteiger partial charge in [-0.05, 0) is 30.4 Å². The Morgan fingerprint density at radius 3 is 2.63 bits per heavy atom. The highest BCUT2D eigenvalue weighted by molar-refractivity contribution is 5.73. The molecule has 19 heavy (non-hydrogen) atoms. The number of benzene rings is 1. The van der Waals surface area contributed by atoms with Gasteiger partial charge in [-0.15, -0.1) is 0 Å². The van der Waals surface area contributed by atoms with Gasteiger partial charge in [-0.2, -0.15) is 0 Å². The first-order chi connectivity index (χ1) is 9.47. The predicted molar refractivity (Wildman–Crippen MR) is 77.8 cm³/mol. The Labute approximate surface area is 112 Å². The summed E-state index contributed by atoms with van der Waals surface area (Å²) in [5.41, 5.74) is 0. The molecule has 94 valence electrons. The smallest absolute Gasteiger partial charge is 0.0901 e. The molecule has 0 atom stereocenters. The van der Waals surface area contributed by atoms with Gasteiger partial charge in [0.05, 0.1) is 17.9 Å². The van der Waals surface area contributed by atoms with E-state index in [2.05, 4.69) is 9.98 Å². The Kier molecular flexibility index (Phi) is 5.11. The highest BCUT2D eigenvalue weighted by Crippen LogP contribution is 1.85. The van der Waals surface area contributed by atoms with Crippen LogP contribution in [0.3, 0.4) is 0 Å². The normalized spacial score (nSPS) is 14.5. The van der Waals surface area contributed by atoms with Gasteiger partial charge in [0.25, 0.3) is 0 Å². The van der Waals surface area contributed by atoms with Crippen LogP contribution in [0.4, 0.5) is 0 Å². The number of ether oxygens (including phenoxy) is 1. The summed E-state index contributed by atoms with van der Waals surface area (Å²) in [6, 6.07) is 7.83. The first-order valence-electron chi connectivity index (χ1n) is 5.92. The number of hydrogen-bond acceptors (Lipinski definition) is 3. The van der Waals surface area contributed by atoms with E-state index in [9.17, 15) is 0 Å². The maximum absolute atomic E-state index is 5.12. The average Bonchev–Trinajstić information content (AvgIpc) is 2.45. The van der Waals surface area contributed by atoms with Crippen molar-refractivity contribution in [1.82, 2.24) is 0 Å². The molecule has 0 aromatic heterocycles. The summed E-state index contributed by atoms with van der Waals surface area (Å²) >= 11 is 0. The molecule has 0 N–H and O–H groups in total. The van der Waals surface area contributed by atoms with Gasteiger partial charge >= 0.3 is 0 Å². The number of rotatable bonds is 0. The fourth-order valence-corrected chi connectivity index (χ4v) is 1.40. The fraction of sp³-hybridized carbons (Fsp3) is 0. The van der Waals surface area contributed by atoms with Crippen LogP contribution in [0, 0.1) is 0 Å². The van der Waals surface area contributed by atoms with Gasteiger partial charge < -0.3 is 4.74 Å². The number of allylic oxidation sites excluding steroid dienone is 5. The summed E-state index contributed by atoms with van der Waals surface area (Å²) in [6.45, 7) is 0. The molecule has 0 saturated carbocycles. The zero-order chi connectivity index (χ0) is 13.2. The molecule has 0 saturated heterocycles. The second-order valence-electron chi connectivity index (χ2n) is 3.63. The van der Waals surface area contributed by atoms with E-state index in [1.807, 2.05) is 42.5 Å². The lowest BCUT2D eigenvalue weighted by Crippen LogP contribution is -2.23. The monoisotopic (exact) mass is 250 g/mol. The molecule has 0 amide bonds. The van der Waals surface area contributed by atoms with E-state index in [0.717, 1.165) is 10.6 Å². The van der Waals surface area contributed by atoms with Crippen LogP contribution in [-0.2, 0) is 4.74 Å². The van der Waals surface area contributed by atoms with E-state index in [-0.39, 0.29) is 0 Å². The minimum absolute atomic E-state index is 0.877. The van der Waals surface area contributed by atoms with Gasteiger partial charge in [0.2, 0.25) is 0 Å². The van der Waals surface area contributed by atoms with Gasteiger partial charge in [-0.25, -0.2) is 0 Å². The van der Waals surface area contributed by atoms with Crippen LogP contribution in [0.25, 0.3) is 6.20 Å². The van der Waals surface area contributed by atoms with Crippen molar-refractivity contribution >= 4 is 12.4 Å². The standard InChI is InChI=1S/C16H14N2O/c1-4-10-17-14-15-8-2-3-9-16(15)18-11-5-7-13-19-12-6-1/h1-14H. The summed E-state index contributed by atoms with van der Waals surface area (Å²) in [5.74, 6) is 0. The van der Waals surface area contributed by atoms with Crippen LogP contribution in [0.1, 0.15) is 0 Å². The maximum atomic E-state index is 5.12. The lowest BCUT2D eigenvalue weighted by Gasteiger charge is -1.87. The van der Waals surface area contributed by atoms with E-state index < -0.39 is 0 Å². The molecular formula is C16H14N2O. The molecule has 0 fully saturated rings. The molecule has 0 aliphatic carbocycles. The molecule has 1 aromatic carbocycles. The fourth-order valence-electron chi connectivity index (χ4n) is 1.40. The van der Waals surface area contributed by atoms with Crippen molar-refractivity contribution in [2.45, 2.75) is 0 Å². The van der Waals surface area contributed by atoms with Crippen molar-refractivity contribution in [3.05, 3.63) is 83.9 Å². The van der Waals surface area contributed by atoms with Crippen molar-refractivity contribution in [3.63, 3.8) is 0 Å². The van der Waals surface area contributed by atoms with Crippen LogP contribution in [0.2, 0.25) is 0 Å². The van der Waals surface area contributed by atoms with Crippen LogP contribution >= 0.6 is 0 Å². The lowest BCUT2D eigenvalue weighted by molar-refractivity contribution is 0.403. The zero-order valence-corrected chi connectivity index (χ0v) is 10.4. The van der Waals surface area contributed by atoms with Crippen molar-refractivity contribution in [2.75, 3.05) is 0 Å². The Balaban J connectivity index is 2.41. The van der Waals surface area contributed by atoms with Crippen molar-refractivity contribution in [1.29, 1.82) is 0 Å². The largest absolute Gasteiger partial charge is 0.473 e. The van der Waals surface area contributed by atoms with Crippen molar-refractivity contribution in [2.24, 2.45) is 9.98 Å². The minimum Gasteiger partial charge on any atom is -0.473 e. The third-order valence-electron chi connectivity index (χ3n) is 2.27. The molecule has 0 unspecified atom stereocenters. The zero-order valence-electron chi connectivity index (χ0n) is 10.4. The second-order valence-corrected chi connectivity index (χ2v) is 3.63. The number of fused-ring (bicyclic) bond motifs is 1. The Morgan fingerprint density at radius 1 is 0.842 bits per heavy atom. The summed E-state index contributed by atoms with van der Waals surface area (Å²) in [5, 5.41) is 1.85. The quantitative estimate of drug-likeness (QED) is 0.695. The molecule has 3 nitrogen and oxygen atoms in total. The molecule has 1 heterocycles. The highest BCUT2D eigenvalue weighted by Gasteiger charge is 1.82. The third-order valence-corrected chi connectivity index (χ3v) is 2.27. The van der Waals surface area contributed by atoms with Crippen LogP contribution in [0.5, 0.6) is 0 Å². The first kappa shape index (κ1) is 12.8. The van der Waals surface area contributed by atoms with Gasteiger partial charge in [0, 0.05) is 23.8 Å². The summed E-state index contributed by atoms with van der Waals surface area (Å²) in [7, 11) is 0. The molecule has 0 spiro atoms. The van der Waals surface area contributed by atoms with Crippen LogP contribution < -0.4 is 10.6 Å². The lowest BCUT2D eigenvalue weighted by atomic mass is 10.3. The number of para-hydroxylation sites is 1. The van der Waals surface area contributed by atoms with Gasteiger partial charge in [-0.1, -0.05) is 24.3 Å². The Morgan fingerprint density at radius 2 is 1.68 bits per heavy atom. The Hall–Kier alpha value is -2.68. The summed E-state index contributed by atoms with van der Waals surface area (Å²) in [4.78, 5) is 8.58. The summed E-state index contributed by atoms with van der Waals surface area (Å²) in [6.07, 6.45) is 17.4. The Bertz CT molecular complexity index is 664. The molecule has 1 aliphatic rings. The molecular weight excluding hydrogens is 236 g/mol. The molecule has 1 aliphatic heterocycles. The molecule has 2 rings (SSSR count). The van der Waals surface area contributed by atoms with Crippen molar-refractivity contribution in [3.8, 4) is 0 Å². The van der Waals surface area contributed by atoms with Crippen molar-refractivity contribution < 1.29 is 4.74 Å². The topological polar surface area (TPSA) is 34.0 Å². The number of nitrogens with zero attached hydrogens (tertiary/aromatic N) is 2. The molecule has 3 heteroatoms. The van der Waals surface area contributed by atoms with Crippen LogP contribution in [0.15, 0.2) is 83.4 Å². The molecule has 1 aromatic rings. The second kappa shape index (κ2) is 7.61. The molecule has 0 bridgehead atoms. The number of aliphatic imine (C=N–C) groups is 1. The van der Waals surface area contributed by atoms with Crippen LogP contribution in [-0.4, -0.2) is 6.21 Å². The first-order valence-corrected chi connectivity index (χ1v) is 5.92. The van der Waals surface area contributed by atoms with E-state index in [1.165, 1.54) is 0 Å². The third kappa shape index (κ3) is 4.60. The number of hydrogen-bond donors (Lipinski definition) is 0. The van der Waals surface area contributed by atoms with Gasteiger partial charge in [-0.3, -0.25) is 9.98 Å². The van der Waals surface area contributed by atoms with E-state index in [4.69, 9.17) is 4.74 Å². The molecule has 0 radical (unpaired) electrons. The van der Waals surface area contributed by atoms with Gasteiger partial charge in [0.15, 0.2) is 0 Å². The predicted octanol–water partition coefficient (Wildman–Crippen LogP) is 2.24. The van der Waals surface area contributed by atoms with E-state index >= 15 is 0 Å². The van der Waals surface area contributed by atoms with Gasteiger partial charge in [0.1, 0.15) is 0 Å². The minimum atomic E-state index is 0.877.